The normalized spacial score (nSPS) is 14.3. The molecule has 0 amide bonds. The molecule has 1 aromatic carbocycles. The Hall–Kier alpha value is -1.73. The van der Waals surface area contributed by atoms with Crippen molar-refractivity contribution in [2.75, 3.05) is 0 Å². The molecule has 0 saturated carbocycles. The highest BCUT2D eigenvalue weighted by Gasteiger charge is 2.51. The van der Waals surface area contributed by atoms with Crippen molar-refractivity contribution in [1.82, 2.24) is 0 Å². The molecule has 2 nitrogen and oxygen atoms in total. The Morgan fingerprint density at radius 3 is 1.41 bits per heavy atom. The van der Waals surface area contributed by atoms with Crippen LogP contribution in [0.15, 0.2) is 18.2 Å². The number of carbonyl (C=O) groups is 1. The molecule has 0 bridgehead atoms. The fraction of sp³-hybridized carbons (Fsp3) is 0.632. The van der Waals surface area contributed by atoms with E-state index in [0.29, 0.717) is 12.1 Å². The van der Waals surface area contributed by atoms with Gasteiger partial charge in [-0.2, -0.15) is 26.3 Å². The number of benzene rings is 1. The summed E-state index contributed by atoms with van der Waals surface area (Å²) in [6.45, 7) is 12.3. The van der Waals surface area contributed by atoms with Gasteiger partial charge in [0.1, 0.15) is 5.75 Å². The van der Waals surface area contributed by atoms with Gasteiger partial charge in [0.25, 0.3) is 0 Å². The summed E-state index contributed by atoms with van der Waals surface area (Å²) in [6.07, 6.45) is -10.0. The van der Waals surface area contributed by atoms with E-state index in [0.717, 1.165) is 0 Å². The fourth-order valence-electron chi connectivity index (χ4n) is 2.41. The molecule has 0 N–H and O–H groups in total. The van der Waals surface area contributed by atoms with Crippen LogP contribution >= 0.6 is 0 Å². The molecule has 154 valence electrons. The smallest absolute Gasteiger partial charge is 0.416 e. The van der Waals surface area contributed by atoms with Gasteiger partial charge in [0.15, 0.2) is 0 Å². The van der Waals surface area contributed by atoms with Gasteiger partial charge >= 0.3 is 18.3 Å². The third-order valence-corrected chi connectivity index (χ3v) is 5.72. The summed E-state index contributed by atoms with van der Waals surface area (Å²) in [5, 5.41) is 0. The first-order chi connectivity index (χ1) is 11.7. The Bertz CT molecular complexity index is 674. The predicted octanol–water partition coefficient (Wildman–Crippen LogP) is 6.73. The largest absolute Gasteiger partial charge is 0.426 e. The Labute approximate surface area is 154 Å². The third-order valence-electron chi connectivity index (χ3n) is 5.72. The maximum atomic E-state index is 12.9. The molecule has 27 heavy (non-hydrogen) atoms. The molecule has 0 radical (unpaired) electrons. The summed E-state index contributed by atoms with van der Waals surface area (Å²) in [4.78, 5) is 12.7. The minimum atomic E-state index is -5.01. The average molecular weight is 398 g/mol. The maximum absolute atomic E-state index is 12.9. The number of ether oxygens (including phenoxy) is 1. The van der Waals surface area contributed by atoms with Crippen molar-refractivity contribution in [3.05, 3.63) is 29.3 Å². The number of carbonyl (C=O) groups excluding carboxylic acids is 1. The van der Waals surface area contributed by atoms with Crippen molar-refractivity contribution >= 4 is 5.97 Å². The molecule has 0 heterocycles. The molecule has 0 unspecified atom stereocenters. The zero-order valence-electron chi connectivity index (χ0n) is 16.3. The Kier molecular flexibility index (Phi) is 5.79. The number of halogens is 6. The van der Waals surface area contributed by atoms with Gasteiger partial charge in [0.2, 0.25) is 0 Å². The first-order valence-corrected chi connectivity index (χ1v) is 8.23. The van der Waals surface area contributed by atoms with Crippen molar-refractivity contribution in [2.24, 2.45) is 16.2 Å². The standard InChI is InChI=1S/C19H24F6O2/c1-15(2,3)17(6,7)16(4,5)14(26)27-13-9-11(18(20,21)22)8-12(10-13)19(23,24)25/h8-10H,1-7H3. The number of hydrogen-bond donors (Lipinski definition) is 0. The minimum absolute atomic E-state index is 0.0123. The van der Waals surface area contributed by atoms with Crippen LogP contribution in [0.4, 0.5) is 26.3 Å². The predicted molar refractivity (Wildman–Crippen MR) is 89.1 cm³/mol. The summed E-state index contributed by atoms with van der Waals surface area (Å²) in [6, 6.07) is 0.780. The summed E-state index contributed by atoms with van der Waals surface area (Å²) < 4.78 is 82.7. The Morgan fingerprint density at radius 2 is 1.11 bits per heavy atom. The molecule has 8 heteroatoms. The third kappa shape index (κ3) is 4.76. The molecule has 1 aromatic rings. The molecule has 1 rings (SSSR count). The highest BCUT2D eigenvalue weighted by Crippen LogP contribution is 2.51. The molecule has 0 aromatic heterocycles. The van der Waals surface area contributed by atoms with Crippen LogP contribution in [0.5, 0.6) is 5.75 Å². The highest BCUT2D eigenvalue weighted by atomic mass is 19.4. The lowest BCUT2D eigenvalue weighted by Crippen LogP contribution is -2.49. The summed E-state index contributed by atoms with van der Waals surface area (Å²) >= 11 is 0. The van der Waals surface area contributed by atoms with Crippen LogP contribution in [0, 0.1) is 16.2 Å². The van der Waals surface area contributed by atoms with Crippen LogP contribution in [0.3, 0.4) is 0 Å². The Balaban J connectivity index is 3.38. The van der Waals surface area contributed by atoms with Crippen LogP contribution in [0.2, 0.25) is 0 Å². The van der Waals surface area contributed by atoms with Crippen molar-refractivity contribution in [1.29, 1.82) is 0 Å². The molecular weight excluding hydrogens is 374 g/mol. The second-order valence-electron chi connectivity index (χ2n) is 8.63. The van der Waals surface area contributed by atoms with Gasteiger partial charge in [-0.25, -0.2) is 0 Å². The van der Waals surface area contributed by atoms with Crippen LogP contribution < -0.4 is 4.74 Å². The van der Waals surface area contributed by atoms with Gasteiger partial charge in [-0.1, -0.05) is 34.6 Å². The van der Waals surface area contributed by atoms with E-state index in [1.165, 1.54) is 0 Å². The van der Waals surface area contributed by atoms with Gasteiger partial charge in [-0.3, -0.25) is 4.79 Å². The first-order valence-electron chi connectivity index (χ1n) is 8.23. The SMILES string of the molecule is CC(C)(C)C(C)(C)C(C)(C)C(=O)Oc1cc(C(F)(F)F)cc(C(F)(F)F)c1. The first kappa shape index (κ1) is 23.3. The maximum Gasteiger partial charge on any atom is 0.416 e. The van der Waals surface area contributed by atoms with E-state index >= 15 is 0 Å². The molecule has 0 spiro atoms. The van der Waals surface area contributed by atoms with E-state index in [4.69, 9.17) is 4.74 Å². The van der Waals surface area contributed by atoms with Gasteiger partial charge in [0.05, 0.1) is 16.5 Å². The zero-order valence-corrected chi connectivity index (χ0v) is 16.3. The van der Waals surface area contributed by atoms with Gasteiger partial charge in [0, 0.05) is 0 Å². The quantitative estimate of drug-likeness (QED) is 0.321. The van der Waals surface area contributed by atoms with Crippen LogP contribution in [0.25, 0.3) is 0 Å². The van der Waals surface area contributed by atoms with Gasteiger partial charge < -0.3 is 4.74 Å². The molecule has 0 aliphatic carbocycles. The average Bonchev–Trinajstić information content (AvgIpc) is 2.43. The second kappa shape index (κ2) is 6.71. The van der Waals surface area contributed by atoms with E-state index in [9.17, 15) is 31.1 Å². The lowest BCUT2D eigenvalue weighted by atomic mass is 9.55. The molecule has 0 aliphatic heterocycles. The van der Waals surface area contributed by atoms with Crippen molar-refractivity contribution in [2.45, 2.75) is 60.8 Å². The molecular formula is C19H24F6O2. The number of rotatable bonds is 3. The second-order valence-corrected chi connectivity index (χ2v) is 8.63. The molecule has 0 saturated heterocycles. The fourth-order valence-corrected chi connectivity index (χ4v) is 2.41. The molecule has 0 atom stereocenters. The number of hydrogen-bond acceptors (Lipinski definition) is 2. The van der Waals surface area contributed by atoms with Gasteiger partial charge in [-0.15, -0.1) is 0 Å². The lowest BCUT2D eigenvalue weighted by Gasteiger charge is -2.48. The van der Waals surface area contributed by atoms with Crippen molar-refractivity contribution in [3.8, 4) is 5.75 Å². The van der Waals surface area contributed by atoms with E-state index in [1.54, 1.807) is 27.7 Å². The van der Waals surface area contributed by atoms with Crippen LogP contribution in [-0.4, -0.2) is 5.97 Å². The number of alkyl halides is 6. The van der Waals surface area contributed by atoms with Crippen molar-refractivity contribution in [3.63, 3.8) is 0 Å². The minimum Gasteiger partial charge on any atom is -0.426 e. The van der Waals surface area contributed by atoms with Crippen LogP contribution in [0.1, 0.15) is 59.6 Å². The van der Waals surface area contributed by atoms with Crippen LogP contribution in [-0.2, 0) is 17.1 Å². The van der Waals surface area contributed by atoms with E-state index in [-0.39, 0.29) is 11.5 Å². The van der Waals surface area contributed by atoms with E-state index in [1.807, 2.05) is 20.8 Å². The van der Waals surface area contributed by atoms with Crippen molar-refractivity contribution < 1.29 is 35.9 Å². The topological polar surface area (TPSA) is 26.3 Å². The highest BCUT2D eigenvalue weighted by molar-refractivity contribution is 5.79. The summed E-state index contributed by atoms with van der Waals surface area (Å²) in [7, 11) is 0. The van der Waals surface area contributed by atoms with Gasteiger partial charge in [-0.05, 0) is 42.9 Å². The Morgan fingerprint density at radius 1 is 0.741 bits per heavy atom. The van der Waals surface area contributed by atoms with E-state index in [2.05, 4.69) is 0 Å². The summed E-state index contributed by atoms with van der Waals surface area (Å²) in [5.74, 6) is -1.70. The zero-order chi connectivity index (χ0) is 21.6. The lowest BCUT2D eigenvalue weighted by molar-refractivity contribution is -0.157. The van der Waals surface area contributed by atoms with E-state index < -0.39 is 46.0 Å². The molecule has 0 fully saturated rings. The molecule has 0 aliphatic rings. The number of esters is 1. The summed E-state index contributed by atoms with van der Waals surface area (Å²) in [5.41, 5.74) is -5.31. The monoisotopic (exact) mass is 398 g/mol.